The van der Waals surface area contributed by atoms with E-state index in [4.69, 9.17) is 0 Å². The fourth-order valence-corrected chi connectivity index (χ4v) is 3.12. The van der Waals surface area contributed by atoms with E-state index < -0.39 is 10.7 Å². The minimum atomic E-state index is -1.24. The number of thioether (sulfide) groups is 1. The summed E-state index contributed by atoms with van der Waals surface area (Å²) >= 11 is 1.22. The summed E-state index contributed by atoms with van der Waals surface area (Å²) in [5.74, 6) is -0.819. The quantitative estimate of drug-likeness (QED) is 0.814. The van der Waals surface area contributed by atoms with Gasteiger partial charge in [-0.15, -0.1) is 0 Å². The van der Waals surface area contributed by atoms with E-state index in [0.29, 0.717) is 5.69 Å². The highest BCUT2D eigenvalue weighted by Crippen LogP contribution is 2.42. The van der Waals surface area contributed by atoms with Gasteiger partial charge in [0.1, 0.15) is 0 Å². The zero-order chi connectivity index (χ0) is 16.3. The molecule has 3 amide bonds. The van der Waals surface area contributed by atoms with Crippen LogP contribution in [0.25, 0.3) is 0 Å². The third-order valence-corrected chi connectivity index (χ3v) is 4.79. The second kappa shape index (κ2) is 6.39. The van der Waals surface area contributed by atoms with Gasteiger partial charge in [0.15, 0.2) is 4.75 Å². The molecule has 1 heterocycles. The number of rotatable bonds is 4. The molecule has 1 atom stereocenters. The average molecular weight is 321 g/mol. The number of para-hydroxylation sites is 1. The third-order valence-electron chi connectivity index (χ3n) is 3.44. The standard InChI is InChI=1S/C15H19N3O3S/c1-15(13(20)16-9-8-12(19)18(2)3)14(21)17-10-6-4-5-7-11(10)22-15/h4-7H,8-9H2,1-3H3,(H,16,20)(H,17,21). The Hall–Kier alpha value is -2.02. The number of benzene rings is 1. The molecule has 0 bridgehead atoms. The van der Waals surface area contributed by atoms with Gasteiger partial charge in [0.05, 0.1) is 5.69 Å². The number of nitrogens with zero attached hydrogens (tertiary/aromatic N) is 1. The first-order valence-corrected chi connectivity index (χ1v) is 7.74. The number of amides is 3. The summed E-state index contributed by atoms with van der Waals surface area (Å²) in [5, 5.41) is 5.42. The fraction of sp³-hybridized carbons (Fsp3) is 0.400. The summed E-state index contributed by atoms with van der Waals surface area (Å²) in [6.45, 7) is 1.80. The molecule has 1 aromatic rings. The van der Waals surface area contributed by atoms with Crippen molar-refractivity contribution in [2.24, 2.45) is 0 Å². The topological polar surface area (TPSA) is 78.5 Å². The summed E-state index contributed by atoms with van der Waals surface area (Å²) in [5.41, 5.74) is 0.713. The fourth-order valence-electron chi connectivity index (χ4n) is 1.99. The number of carbonyl (C=O) groups excluding carboxylic acids is 3. The van der Waals surface area contributed by atoms with Crippen molar-refractivity contribution >= 4 is 35.2 Å². The number of fused-ring (bicyclic) bond motifs is 1. The molecule has 1 aliphatic heterocycles. The lowest BCUT2D eigenvalue weighted by atomic mass is 10.1. The summed E-state index contributed by atoms with van der Waals surface area (Å²) in [4.78, 5) is 38.4. The van der Waals surface area contributed by atoms with E-state index in [1.54, 1.807) is 27.1 Å². The summed E-state index contributed by atoms with van der Waals surface area (Å²) < 4.78 is -1.24. The molecule has 118 valence electrons. The van der Waals surface area contributed by atoms with E-state index in [2.05, 4.69) is 10.6 Å². The molecule has 2 N–H and O–H groups in total. The largest absolute Gasteiger partial charge is 0.354 e. The van der Waals surface area contributed by atoms with Crippen LogP contribution in [0.4, 0.5) is 5.69 Å². The first-order chi connectivity index (χ1) is 10.3. The van der Waals surface area contributed by atoms with E-state index in [-0.39, 0.29) is 24.8 Å². The zero-order valence-corrected chi connectivity index (χ0v) is 13.6. The van der Waals surface area contributed by atoms with Crippen LogP contribution in [-0.2, 0) is 14.4 Å². The minimum Gasteiger partial charge on any atom is -0.354 e. The molecular weight excluding hydrogens is 302 g/mol. The number of nitrogens with one attached hydrogen (secondary N) is 2. The Morgan fingerprint density at radius 3 is 2.68 bits per heavy atom. The number of hydrogen-bond acceptors (Lipinski definition) is 4. The van der Waals surface area contributed by atoms with Gasteiger partial charge in [-0.25, -0.2) is 0 Å². The Morgan fingerprint density at radius 1 is 1.32 bits per heavy atom. The number of hydrogen-bond donors (Lipinski definition) is 2. The molecule has 0 radical (unpaired) electrons. The maximum Gasteiger partial charge on any atom is 0.250 e. The molecule has 6 nitrogen and oxygen atoms in total. The van der Waals surface area contributed by atoms with Gasteiger partial charge >= 0.3 is 0 Å². The van der Waals surface area contributed by atoms with Crippen LogP contribution in [0, 0.1) is 0 Å². The first kappa shape index (κ1) is 16.4. The van der Waals surface area contributed by atoms with Gasteiger partial charge in [0.25, 0.3) is 0 Å². The van der Waals surface area contributed by atoms with Crippen molar-refractivity contribution in [2.45, 2.75) is 23.0 Å². The Balaban J connectivity index is 2.03. The van der Waals surface area contributed by atoms with E-state index in [9.17, 15) is 14.4 Å². The van der Waals surface area contributed by atoms with Gasteiger partial charge in [0, 0.05) is 32.0 Å². The van der Waals surface area contributed by atoms with Crippen LogP contribution in [0.5, 0.6) is 0 Å². The maximum atomic E-state index is 12.4. The minimum absolute atomic E-state index is 0.0726. The molecule has 7 heteroatoms. The highest BCUT2D eigenvalue weighted by atomic mass is 32.2. The summed E-state index contributed by atoms with van der Waals surface area (Å²) in [6.07, 6.45) is 0.206. The number of anilines is 1. The first-order valence-electron chi connectivity index (χ1n) is 6.92. The van der Waals surface area contributed by atoms with Gasteiger partial charge in [-0.05, 0) is 19.1 Å². The predicted molar refractivity (Wildman–Crippen MR) is 85.7 cm³/mol. The molecule has 0 fully saturated rings. The lowest BCUT2D eigenvalue weighted by Crippen LogP contribution is -2.52. The summed E-state index contributed by atoms with van der Waals surface area (Å²) in [6, 6.07) is 7.35. The molecule has 0 spiro atoms. The Morgan fingerprint density at radius 2 is 2.00 bits per heavy atom. The molecular formula is C15H19N3O3S. The average Bonchev–Trinajstić information content (AvgIpc) is 2.48. The van der Waals surface area contributed by atoms with Crippen molar-refractivity contribution in [3.8, 4) is 0 Å². The Bertz CT molecular complexity index is 618. The van der Waals surface area contributed by atoms with Gasteiger partial charge in [-0.3, -0.25) is 14.4 Å². The number of carbonyl (C=O) groups is 3. The van der Waals surface area contributed by atoms with Crippen molar-refractivity contribution in [3.05, 3.63) is 24.3 Å². The van der Waals surface area contributed by atoms with Gasteiger partial charge in [-0.2, -0.15) is 0 Å². The molecule has 1 aliphatic rings. The lowest BCUT2D eigenvalue weighted by molar-refractivity contribution is -0.130. The van der Waals surface area contributed by atoms with Crippen molar-refractivity contribution < 1.29 is 14.4 Å². The second-order valence-corrected chi connectivity index (χ2v) is 6.84. The van der Waals surface area contributed by atoms with E-state index in [1.165, 1.54) is 16.7 Å². The van der Waals surface area contributed by atoms with Gasteiger partial charge < -0.3 is 15.5 Å². The van der Waals surface area contributed by atoms with Crippen LogP contribution in [0.3, 0.4) is 0 Å². The zero-order valence-electron chi connectivity index (χ0n) is 12.8. The molecule has 2 rings (SSSR count). The van der Waals surface area contributed by atoms with E-state index >= 15 is 0 Å². The van der Waals surface area contributed by atoms with Gasteiger partial charge in [-0.1, -0.05) is 23.9 Å². The van der Waals surface area contributed by atoms with Crippen LogP contribution >= 0.6 is 11.8 Å². The van der Waals surface area contributed by atoms with Crippen LogP contribution in [0.1, 0.15) is 13.3 Å². The smallest absolute Gasteiger partial charge is 0.250 e. The second-order valence-electron chi connectivity index (χ2n) is 5.38. The SMILES string of the molecule is CN(C)C(=O)CCNC(=O)C1(C)Sc2ccccc2NC1=O. The highest BCUT2D eigenvalue weighted by molar-refractivity contribution is 8.02. The molecule has 0 aliphatic carbocycles. The molecule has 22 heavy (non-hydrogen) atoms. The monoisotopic (exact) mass is 321 g/mol. The van der Waals surface area contributed by atoms with E-state index in [1.807, 2.05) is 18.2 Å². The molecule has 0 saturated carbocycles. The van der Waals surface area contributed by atoms with Crippen LogP contribution in [-0.4, -0.2) is 48.0 Å². The summed E-state index contributed by atoms with van der Waals surface area (Å²) in [7, 11) is 3.32. The lowest BCUT2D eigenvalue weighted by Gasteiger charge is -2.31. The van der Waals surface area contributed by atoms with Crippen LogP contribution in [0.15, 0.2) is 29.2 Å². The highest BCUT2D eigenvalue weighted by Gasteiger charge is 2.45. The Labute approximate surface area is 133 Å². The molecule has 0 saturated heterocycles. The Kier molecular flexibility index (Phi) is 4.75. The van der Waals surface area contributed by atoms with Crippen LogP contribution < -0.4 is 10.6 Å². The molecule has 1 aromatic carbocycles. The van der Waals surface area contributed by atoms with Crippen LogP contribution in [0.2, 0.25) is 0 Å². The molecule has 1 unspecified atom stereocenters. The van der Waals surface area contributed by atoms with Crippen molar-refractivity contribution in [1.82, 2.24) is 10.2 Å². The molecule has 0 aromatic heterocycles. The normalized spacial score (nSPS) is 19.9. The van der Waals surface area contributed by atoms with E-state index in [0.717, 1.165) is 4.90 Å². The predicted octanol–water partition coefficient (Wildman–Crippen LogP) is 1.08. The van der Waals surface area contributed by atoms with Crippen molar-refractivity contribution in [2.75, 3.05) is 26.0 Å². The third kappa shape index (κ3) is 3.24. The van der Waals surface area contributed by atoms with Gasteiger partial charge in [0.2, 0.25) is 17.7 Å². The van der Waals surface area contributed by atoms with Crippen molar-refractivity contribution in [3.63, 3.8) is 0 Å². The maximum absolute atomic E-state index is 12.4. The van der Waals surface area contributed by atoms with Crippen molar-refractivity contribution in [1.29, 1.82) is 0 Å².